The second-order valence-corrected chi connectivity index (χ2v) is 5.04. The summed E-state index contributed by atoms with van der Waals surface area (Å²) in [6.07, 6.45) is 3.88. The van der Waals surface area contributed by atoms with E-state index in [1.54, 1.807) is 0 Å². The highest BCUT2D eigenvalue weighted by molar-refractivity contribution is 5.81. The number of nitrogens with zero attached hydrogens (tertiary/aromatic N) is 1. The smallest absolute Gasteiger partial charge is 0.0349 e. The number of fused-ring (bicyclic) bond motifs is 3. The molecule has 16 heavy (non-hydrogen) atoms. The fraction of sp³-hybridized carbons (Fsp3) is 0.267. The third-order valence-electron chi connectivity index (χ3n) is 3.68. The molecule has 0 spiro atoms. The quantitative estimate of drug-likeness (QED) is 0.644. The Morgan fingerprint density at radius 1 is 1.06 bits per heavy atom. The molecule has 2 aromatic rings. The third kappa shape index (κ3) is 1.03. The first-order valence-electron chi connectivity index (χ1n) is 5.67. The van der Waals surface area contributed by atoms with Gasteiger partial charge in [-0.3, -0.25) is 4.98 Å². The minimum Gasteiger partial charge on any atom is -0.264 e. The second kappa shape index (κ2) is 2.94. The molecule has 1 nitrogen and oxygen atoms in total. The van der Waals surface area contributed by atoms with Crippen molar-refractivity contribution >= 4 is 0 Å². The molecule has 0 saturated carbocycles. The maximum atomic E-state index is 4.25. The van der Waals surface area contributed by atoms with Gasteiger partial charge in [0.05, 0.1) is 0 Å². The molecule has 1 aromatic carbocycles. The predicted molar refractivity (Wildman–Crippen MR) is 66.5 cm³/mol. The van der Waals surface area contributed by atoms with Crippen molar-refractivity contribution in [3.05, 3.63) is 53.3 Å². The Morgan fingerprint density at radius 3 is 2.69 bits per heavy atom. The Kier molecular flexibility index (Phi) is 1.76. The molecule has 0 N–H and O–H groups in total. The molecule has 0 radical (unpaired) electrons. The molecular formula is C15H15N. The zero-order valence-corrected chi connectivity index (χ0v) is 9.91. The highest BCUT2D eigenvalue weighted by Gasteiger charge is 2.36. The summed E-state index contributed by atoms with van der Waals surface area (Å²) < 4.78 is 0. The first-order chi connectivity index (χ1) is 7.62. The maximum Gasteiger partial charge on any atom is 0.0349 e. The van der Waals surface area contributed by atoms with Gasteiger partial charge in [0.1, 0.15) is 0 Å². The molecule has 0 unspecified atom stereocenters. The second-order valence-electron chi connectivity index (χ2n) is 5.04. The van der Waals surface area contributed by atoms with Gasteiger partial charge >= 0.3 is 0 Å². The van der Waals surface area contributed by atoms with Crippen molar-refractivity contribution in [3.63, 3.8) is 0 Å². The number of aryl methyl sites for hydroxylation is 1. The van der Waals surface area contributed by atoms with E-state index >= 15 is 0 Å². The van der Waals surface area contributed by atoms with E-state index in [9.17, 15) is 0 Å². The molecule has 0 saturated heterocycles. The lowest BCUT2D eigenvalue weighted by molar-refractivity contribution is 0.655. The molecule has 0 atom stereocenters. The van der Waals surface area contributed by atoms with Gasteiger partial charge in [-0.1, -0.05) is 32.0 Å². The maximum absolute atomic E-state index is 4.25. The lowest BCUT2D eigenvalue weighted by Gasteiger charge is -2.22. The van der Waals surface area contributed by atoms with Crippen LogP contribution in [0.4, 0.5) is 0 Å². The van der Waals surface area contributed by atoms with Crippen molar-refractivity contribution in [1.29, 1.82) is 0 Å². The minimum atomic E-state index is 0.110. The van der Waals surface area contributed by atoms with E-state index in [4.69, 9.17) is 0 Å². The summed E-state index contributed by atoms with van der Waals surface area (Å²) in [5.41, 5.74) is 6.99. The first kappa shape index (κ1) is 9.59. The fourth-order valence-electron chi connectivity index (χ4n) is 3.01. The number of hydrogen-bond donors (Lipinski definition) is 0. The van der Waals surface area contributed by atoms with Crippen LogP contribution in [0, 0.1) is 6.92 Å². The van der Waals surface area contributed by atoms with Crippen LogP contribution in [0.2, 0.25) is 0 Å². The standard InChI is InChI=1S/C15H15N/c1-10-5-4-6-11-12-9-16-8-7-13(12)15(2,3)14(10)11/h4-9H,1-3H3. The zero-order chi connectivity index (χ0) is 11.3. The molecule has 1 heterocycles. The van der Waals surface area contributed by atoms with Gasteiger partial charge in [-0.15, -0.1) is 0 Å². The van der Waals surface area contributed by atoms with Gasteiger partial charge in [0, 0.05) is 23.4 Å². The Balaban J connectivity index is 2.44. The molecular weight excluding hydrogens is 194 g/mol. The number of hydrogen-bond acceptors (Lipinski definition) is 1. The van der Waals surface area contributed by atoms with Crippen molar-refractivity contribution < 1.29 is 0 Å². The molecule has 1 heteroatoms. The number of pyridine rings is 1. The highest BCUT2D eigenvalue weighted by Crippen LogP contribution is 2.49. The lowest BCUT2D eigenvalue weighted by atomic mass is 9.81. The monoisotopic (exact) mass is 209 g/mol. The van der Waals surface area contributed by atoms with E-state index in [-0.39, 0.29) is 5.41 Å². The van der Waals surface area contributed by atoms with Gasteiger partial charge in [-0.2, -0.15) is 0 Å². The van der Waals surface area contributed by atoms with Crippen LogP contribution in [0.3, 0.4) is 0 Å². The van der Waals surface area contributed by atoms with Gasteiger partial charge in [0.25, 0.3) is 0 Å². The Hall–Kier alpha value is -1.63. The molecule has 1 aliphatic carbocycles. The average Bonchev–Trinajstić information content (AvgIpc) is 2.50. The average molecular weight is 209 g/mol. The van der Waals surface area contributed by atoms with Crippen molar-refractivity contribution in [2.24, 2.45) is 0 Å². The van der Waals surface area contributed by atoms with Crippen molar-refractivity contribution in [1.82, 2.24) is 4.98 Å². The predicted octanol–water partition coefficient (Wildman–Crippen LogP) is 3.70. The molecule has 0 aliphatic heterocycles. The molecule has 1 aromatic heterocycles. The van der Waals surface area contributed by atoms with E-state index in [2.05, 4.69) is 50.0 Å². The van der Waals surface area contributed by atoms with E-state index < -0.39 is 0 Å². The topological polar surface area (TPSA) is 12.9 Å². The fourth-order valence-corrected chi connectivity index (χ4v) is 3.01. The van der Waals surface area contributed by atoms with Crippen molar-refractivity contribution in [3.8, 4) is 11.1 Å². The van der Waals surface area contributed by atoms with Gasteiger partial charge in [0.2, 0.25) is 0 Å². The van der Waals surface area contributed by atoms with Crippen LogP contribution < -0.4 is 0 Å². The molecule has 0 amide bonds. The summed E-state index contributed by atoms with van der Waals surface area (Å²) in [5, 5.41) is 0. The Bertz CT molecular complexity index is 567. The normalized spacial score (nSPS) is 15.7. The summed E-state index contributed by atoms with van der Waals surface area (Å²) in [5.74, 6) is 0. The number of rotatable bonds is 0. The van der Waals surface area contributed by atoms with Crippen LogP contribution in [0.1, 0.15) is 30.5 Å². The molecule has 0 fully saturated rings. The van der Waals surface area contributed by atoms with Gasteiger partial charge in [-0.25, -0.2) is 0 Å². The lowest BCUT2D eigenvalue weighted by Crippen LogP contribution is -2.16. The summed E-state index contributed by atoms with van der Waals surface area (Å²) in [6.45, 7) is 6.79. The number of aromatic nitrogens is 1. The summed E-state index contributed by atoms with van der Waals surface area (Å²) in [6, 6.07) is 8.68. The van der Waals surface area contributed by atoms with E-state index in [0.29, 0.717) is 0 Å². The van der Waals surface area contributed by atoms with Crippen molar-refractivity contribution in [2.75, 3.05) is 0 Å². The highest BCUT2D eigenvalue weighted by atomic mass is 14.6. The van der Waals surface area contributed by atoms with E-state index in [1.807, 2.05) is 12.4 Å². The molecule has 3 rings (SSSR count). The molecule has 80 valence electrons. The van der Waals surface area contributed by atoms with E-state index in [0.717, 1.165) is 0 Å². The Morgan fingerprint density at radius 2 is 1.88 bits per heavy atom. The number of benzene rings is 1. The van der Waals surface area contributed by atoms with Crippen LogP contribution in [0.5, 0.6) is 0 Å². The van der Waals surface area contributed by atoms with Gasteiger partial charge < -0.3 is 0 Å². The molecule has 1 aliphatic rings. The third-order valence-corrected chi connectivity index (χ3v) is 3.68. The summed E-state index contributed by atoms with van der Waals surface area (Å²) >= 11 is 0. The largest absolute Gasteiger partial charge is 0.264 e. The Labute approximate surface area is 96.2 Å². The molecule has 0 bridgehead atoms. The van der Waals surface area contributed by atoms with Gasteiger partial charge in [-0.05, 0) is 35.2 Å². The summed E-state index contributed by atoms with van der Waals surface area (Å²) in [4.78, 5) is 4.25. The first-order valence-corrected chi connectivity index (χ1v) is 5.67. The SMILES string of the molecule is Cc1cccc2c1C(C)(C)c1ccncc1-2. The van der Waals surface area contributed by atoms with Crippen LogP contribution in [0.15, 0.2) is 36.7 Å². The van der Waals surface area contributed by atoms with E-state index in [1.165, 1.54) is 27.8 Å². The van der Waals surface area contributed by atoms with Crippen LogP contribution >= 0.6 is 0 Å². The van der Waals surface area contributed by atoms with Crippen molar-refractivity contribution in [2.45, 2.75) is 26.2 Å². The van der Waals surface area contributed by atoms with Crippen LogP contribution in [-0.4, -0.2) is 4.98 Å². The zero-order valence-electron chi connectivity index (χ0n) is 9.91. The van der Waals surface area contributed by atoms with Gasteiger partial charge in [0.15, 0.2) is 0 Å². The van der Waals surface area contributed by atoms with Crippen LogP contribution in [-0.2, 0) is 5.41 Å². The summed E-state index contributed by atoms with van der Waals surface area (Å²) in [7, 11) is 0. The van der Waals surface area contributed by atoms with Crippen LogP contribution in [0.25, 0.3) is 11.1 Å². The minimum absolute atomic E-state index is 0.110.